The lowest BCUT2D eigenvalue weighted by Gasteiger charge is -2.39. The summed E-state index contributed by atoms with van der Waals surface area (Å²) < 4.78 is 0. The number of piperidine rings is 1. The highest BCUT2D eigenvalue weighted by atomic mass is 16.2. The van der Waals surface area contributed by atoms with E-state index in [1.807, 2.05) is 0 Å². The highest BCUT2D eigenvalue weighted by Gasteiger charge is 2.27. The van der Waals surface area contributed by atoms with Crippen molar-refractivity contribution in [3.63, 3.8) is 0 Å². The maximum absolute atomic E-state index is 12.6. The summed E-state index contributed by atoms with van der Waals surface area (Å²) >= 11 is 0. The molecule has 1 fully saturated rings. The summed E-state index contributed by atoms with van der Waals surface area (Å²) in [4.78, 5) is 17.1. The monoisotopic (exact) mass is 331 g/mol. The van der Waals surface area contributed by atoms with Crippen LogP contribution in [0.1, 0.15) is 51.5 Å². The Hall–Kier alpha value is -1.55. The first-order valence-electron chi connectivity index (χ1n) is 9.55. The predicted octanol–water partition coefficient (Wildman–Crippen LogP) is 3.87. The number of amides is 2. The van der Waals surface area contributed by atoms with Gasteiger partial charge in [0.25, 0.3) is 0 Å². The Morgan fingerprint density at radius 2 is 2.04 bits per heavy atom. The lowest BCUT2D eigenvalue weighted by Crippen LogP contribution is -2.53. The molecule has 0 aliphatic carbocycles. The maximum atomic E-state index is 12.6. The van der Waals surface area contributed by atoms with Gasteiger partial charge in [0.1, 0.15) is 0 Å². The van der Waals surface area contributed by atoms with Gasteiger partial charge in [-0.05, 0) is 37.8 Å². The Kier molecular flexibility index (Phi) is 8.10. The Morgan fingerprint density at radius 3 is 2.75 bits per heavy atom. The molecule has 134 valence electrons. The smallest absolute Gasteiger partial charge is 0.317 e. The third-order valence-electron chi connectivity index (χ3n) is 4.70. The Bertz CT molecular complexity index is 477. The van der Waals surface area contributed by atoms with E-state index in [4.69, 9.17) is 0 Å². The summed E-state index contributed by atoms with van der Waals surface area (Å²) in [5.41, 5.74) is 1.35. The van der Waals surface area contributed by atoms with Crippen LogP contribution in [-0.4, -0.2) is 48.1 Å². The molecule has 1 N–H and O–H groups in total. The summed E-state index contributed by atoms with van der Waals surface area (Å²) in [6, 6.07) is 11.1. The Balaban J connectivity index is 1.92. The first-order valence-corrected chi connectivity index (χ1v) is 9.55. The number of benzene rings is 1. The molecule has 0 radical (unpaired) electrons. The van der Waals surface area contributed by atoms with Crippen molar-refractivity contribution in [2.75, 3.05) is 26.2 Å². The number of hydrogen-bond acceptors (Lipinski definition) is 2. The molecular weight excluding hydrogens is 298 g/mol. The third kappa shape index (κ3) is 5.82. The van der Waals surface area contributed by atoms with E-state index in [0.29, 0.717) is 6.04 Å². The minimum Gasteiger partial charge on any atom is -0.338 e. The Labute approximate surface area is 147 Å². The largest absolute Gasteiger partial charge is 0.338 e. The van der Waals surface area contributed by atoms with Gasteiger partial charge in [-0.15, -0.1) is 0 Å². The zero-order valence-electron chi connectivity index (χ0n) is 15.3. The standard InChI is InChI=1S/C20H33N3O/c1-3-5-13-21-20(24)23(14-4-2)19-12-9-15-22(17-19)16-18-10-7-6-8-11-18/h6-8,10-11,19H,3-5,9,12-17H2,1-2H3,(H,21,24)/t19-/m1/s1. The average molecular weight is 332 g/mol. The van der Waals surface area contributed by atoms with Crippen molar-refractivity contribution >= 4 is 6.03 Å². The molecule has 2 amide bonds. The molecule has 1 aliphatic heterocycles. The molecule has 24 heavy (non-hydrogen) atoms. The quantitative estimate of drug-likeness (QED) is 0.734. The van der Waals surface area contributed by atoms with Crippen LogP contribution in [0.5, 0.6) is 0 Å². The average Bonchev–Trinajstić information content (AvgIpc) is 2.61. The molecular formula is C20H33N3O. The van der Waals surface area contributed by atoms with Crippen LogP contribution in [-0.2, 0) is 6.54 Å². The van der Waals surface area contributed by atoms with Crippen molar-refractivity contribution in [2.24, 2.45) is 0 Å². The van der Waals surface area contributed by atoms with Crippen LogP contribution < -0.4 is 5.32 Å². The molecule has 4 heteroatoms. The van der Waals surface area contributed by atoms with Gasteiger partial charge in [0, 0.05) is 32.2 Å². The maximum Gasteiger partial charge on any atom is 0.317 e. The van der Waals surface area contributed by atoms with Gasteiger partial charge in [-0.1, -0.05) is 50.6 Å². The third-order valence-corrected chi connectivity index (χ3v) is 4.70. The second-order valence-electron chi connectivity index (χ2n) is 6.80. The Morgan fingerprint density at radius 1 is 1.25 bits per heavy atom. The van der Waals surface area contributed by atoms with E-state index in [9.17, 15) is 4.79 Å². The van der Waals surface area contributed by atoms with E-state index in [2.05, 4.69) is 59.3 Å². The van der Waals surface area contributed by atoms with Gasteiger partial charge in [-0.2, -0.15) is 0 Å². The lowest BCUT2D eigenvalue weighted by atomic mass is 10.0. The zero-order valence-corrected chi connectivity index (χ0v) is 15.3. The first kappa shape index (κ1) is 18.8. The second kappa shape index (κ2) is 10.3. The molecule has 0 spiro atoms. The molecule has 1 saturated heterocycles. The number of unbranched alkanes of at least 4 members (excludes halogenated alkanes) is 1. The van der Waals surface area contributed by atoms with Crippen LogP contribution >= 0.6 is 0 Å². The van der Waals surface area contributed by atoms with Gasteiger partial charge in [0.05, 0.1) is 0 Å². The minimum absolute atomic E-state index is 0.122. The van der Waals surface area contributed by atoms with E-state index in [1.54, 1.807) is 0 Å². The van der Waals surface area contributed by atoms with E-state index in [-0.39, 0.29) is 6.03 Å². The van der Waals surface area contributed by atoms with E-state index in [1.165, 1.54) is 12.0 Å². The number of rotatable bonds is 8. The number of likely N-dealkylation sites (tertiary alicyclic amines) is 1. The van der Waals surface area contributed by atoms with E-state index >= 15 is 0 Å². The number of hydrogen-bond donors (Lipinski definition) is 1. The molecule has 0 bridgehead atoms. The summed E-state index contributed by atoms with van der Waals surface area (Å²) in [5.74, 6) is 0. The lowest BCUT2D eigenvalue weighted by molar-refractivity contribution is 0.107. The van der Waals surface area contributed by atoms with Crippen LogP contribution in [0.2, 0.25) is 0 Å². The van der Waals surface area contributed by atoms with Crippen molar-refractivity contribution < 1.29 is 4.79 Å². The molecule has 1 aliphatic rings. The first-order chi connectivity index (χ1) is 11.7. The van der Waals surface area contributed by atoms with Crippen LogP contribution in [0.3, 0.4) is 0 Å². The van der Waals surface area contributed by atoms with E-state index < -0.39 is 0 Å². The summed E-state index contributed by atoms with van der Waals surface area (Å²) in [5, 5.41) is 3.10. The minimum atomic E-state index is 0.122. The predicted molar refractivity (Wildman–Crippen MR) is 100 cm³/mol. The van der Waals surface area contributed by atoms with Crippen LogP contribution in [0.25, 0.3) is 0 Å². The number of urea groups is 1. The highest BCUT2D eigenvalue weighted by Crippen LogP contribution is 2.18. The molecule has 0 aromatic heterocycles. The fraction of sp³-hybridized carbons (Fsp3) is 0.650. The normalized spacial score (nSPS) is 18.3. The van der Waals surface area contributed by atoms with Gasteiger partial charge in [0.2, 0.25) is 0 Å². The highest BCUT2D eigenvalue weighted by molar-refractivity contribution is 5.74. The molecule has 1 atom stereocenters. The number of carbonyl (C=O) groups excluding carboxylic acids is 1. The second-order valence-corrected chi connectivity index (χ2v) is 6.80. The molecule has 0 unspecified atom stereocenters. The van der Waals surface area contributed by atoms with Crippen molar-refractivity contribution in [1.82, 2.24) is 15.1 Å². The SMILES string of the molecule is CCCCNC(=O)N(CCC)[C@@H]1CCCN(Cc2ccccc2)C1. The van der Waals surface area contributed by atoms with Gasteiger partial charge >= 0.3 is 6.03 Å². The molecule has 1 aromatic rings. The summed E-state index contributed by atoms with van der Waals surface area (Å²) in [7, 11) is 0. The van der Waals surface area contributed by atoms with Crippen molar-refractivity contribution in [3.05, 3.63) is 35.9 Å². The number of nitrogens with zero attached hydrogens (tertiary/aromatic N) is 2. The molecule has 1 aromatic carbocycles. The fourth-order valence-corrected chi connectivity index (χ4v) is 3.44. The van der Waals surface area contributed by atoms with Gasteiger partial charge in [-0.3, -0.25) is 4.90 Å². The number of nitrogens with one attached hydrogen (secondary N) is 1. The van der Waals surface area contributed by atoms with Crippen molar-refractivity contribution in [3.8, 4) is 0 Å². The molecule has 2 rings (SSSR count). The van der Waals surface area contributed by atoms with Gasteiger partial charge < -0.3 is 10.2 Å². The zero-order chi connectivity index (χ0) is 17.2. The van der Waals surface area contributed by atoms with Crippen molar-refractivity contribution in [2.45, 2.75) is 58.5 Å². The van der Waals surface area contributed by atoms with Crippen LogP contribution in [0.4, 0.5) is 4.79 Å². The molecule has 1 heterocycles. The number of carbonyl (C=O) groups is 1. The molecule has 0 saturated carbocycles. The topological polar surface area (TPSA) is 35.6 Å². The fourth-order valence-electron chi connectivity index (χ4n) is 3.44. The molecule has 4 nitrogen and oxygen atoms in total. The van der Waals surface area contributed by atoms with Crippen LogP contribution in [0, 0.1) is 0 Å². The summed E-state index contributed by atoms with van der Waals surface area (Å²) in [6.07, 6.45) is 5.46. The van der Waals surface area contributed by atoms with Crippen molar-refractivity contribution in [1.29, 1.82) is 0 Å². The van der Waals surface area contributed by atoms with E-state index in [0.717, 1.165) is 58.4 Å². The van der Waals surface area contributed by atoms with Gasteiger partial charge in [0.15, 0.2) is 0 Å². The summed E-state index contributed by atoms with van der Waals surface area (Å²) in [6.45, 7) is 9.03. The van der Waals surface area contributed by atoms with Gasteiger partial charge in [-0.25, -0.2) is 4.79 Å². The van der Waals surface area contributed by atoms with Crippen LogP contribution in [0.15, 0.2) is 30.3 Å².